The van der Waals surface area contributed by atoms with Crippen LogP contribution in [0.2, 0.25) is 0 Å². The molecule has 2 aromatic rings. The van der Waals surface area contributed by atoms with Crippen LogP contribution in [0.3, 0.4) is 0 Å². The average molecular weight is 221 g/mol. The maximum Gasteiger partial charge on any atom is 0.179 e. The molecule has 0 atom stereocenters. The minimum atomic E-state index is 0.609. The van der Waals surface area contributed by atoms with Gasteiger partial charge in [0.25, 0.3) is 0 Å². The molecule has 0 saturated heterocycles. The highest BCUT2D eigenvalue weighted by molar-refractivity contribution is 6.09. The van der Waals surface area contributed by atoms with Crippen LogP contribution in [0.25, 0.3) is 16.5 Å². The number of benzene rings is 2. The van der Waals surface area contributed by atoms with E-state index in [-0.39, 0.29) is 0 Å². The molecule has 3 rings (SSSR count). The van der Waals surface area contributed by atoms with Crippen LogP contribution in [0.1, 0.15) is 11.1 Å². The largest absolute Gasteiger partial charge is 0.276 e. The molecule has 82 valence electrons. The number of nitrogens with one attached hydrogen (secondary N) is 1. The van der Waals surface area contributed by atoms with E-state index in [4.69, 9.17) is 0 Å². The van der Waals surface area contributed by atoms with Gasteiger partial charge in [0.15, 0.2) is 5.84 Å². The molecule has 2 aromatic carbocycles. The van der Waals surface area contributed by atoms with E-state index in [0.717, 1.165) is 22.2 Å². The number of aliphatic imine (C=N–C) groups is 1. The molecule has 3 heteroatoms. The smallest absolute Gasteiger partial charge is 0.179 e. The first-order valence-corrected chi connectivity index (χ1v) is 5.32. The maximum atomic E-state index is 4.12. The molecule has 0 aromatic heterocycles. The molecule has 0 aliphatic carbocycles. The van der Waals surface area contributed by atoms with Gasteiger partial charge >= 0.3 is 0 Å². The third-order valence-electron chi connectivity index (χ3n) is 2.90. The van der Waals surface area contributed by atoms with Crippen molar-refractivity contribution < 1.29 is 0 Å². The SMILES string of the molecule is C=NC1=NNC(=C)c2cc3ccccc3cc21. The van der Waals surface area contributed by atoms with Gasteiger partial charge in [-0.2, -0.15) is 5.10 Å². The third kappa shape index (κ3) is 1.44. The lowest BCUT2D eigenvalue weighted by Crippen LogP contribution is -2.17. The number of hydrogen-bond acceptors (Lipinski definition) is 3. The van der Waals surface area contributed by atoms with Crippen molar-refractivity contribution in [2.75, 3.05) is 0 Å². The van der Waals surface area contributed by atoms with E-state index in [9.17, 15) is 0 Å². The van der Waals surface area contributed by atoms with E-state index in [0.29, 0.717) is 5.84 Å². The van der Waals surface area contributed by atoms with Gasteiger partial charge in [-0.15, -0.1) is 0 Å². The second-order valence-electron chi connectivity index (χ2n) is 3.93. The molecule has 0 radical (unpaired) electrons. The van der Waals surface area contributed by atoms with Gasteiger partial charge in [0.1, 0.15) is 0 Å². The van der Waals surface area contributed by atoms with Crippen LogP contribution < -0.4 is 5.43 Å². The summed E-state index contributed by atoms with van der Waals surface area (Å²) in [5, 5.41) is 6.46. The summed E-state index contributed by atoms with van der Waals surface area (Å²) in [4.78, 5) is 3.93. The number of hydrazone groups is 1. The summed E-state index contributed by atoms with van der Waals surface area (Å²) in [6.45, 7) is 7.49. The Morgan fingerprint density at radius 1 is 1.06 bits per heavy atom. The van der Waals surface area contributed by atoms with Crippen LogP contribution in [0.15, 0.2) is 53.1 Å². The fourth-order valence-electron chi connectivity index (χ4n) is 2.04. The van der Waals surface area contributed by atoms with Gasteiger partial charge < -0.3 is 0 Å². The number of hydrogen-bond donors (Lipinski definition) is 1. The van der Waals surface area contributed by atoms with Crippen molar-refractivity contribution >= 4 is 29.0 Å². The number of rotatable bonds is 0. The second-order valence-corrected chi connectivity index (χ2v) is 3.93. The van der Waals surface area contributed by atoms with Crippen molar-refractivity contribution in [2.45, 2.75) is 0 Å². The summed E-state index contributed by atoms with van der Waals surface area (Å²) >= 11 is 0. The molecule has 1 N–H and O–H groups in total. The molecule has 0 fully saturated rings. The first-order chi connectivity index (χ1) is 8.29. The topological polar surface area (TPSA) is 36.8 Å². The predicted molar refractivity (Wildman–Crippen MR) is 72.2 cm³/mol. The summed E-state index contributed by atoms with van der Waals surface area (Å²) in [6, 6.07) is 12.4. The monoisotopic (exact) mass is 221 g/mol. The zero-order chi connectivity index (χ0) is 11.8. The highest BCUT2D eigenvalue weighted by Gasteiger charge is 2.16. The zero-order valence-electron chi connectivity index (χ0n) is 9.27. The van der Waals surface area contributed by atoms with Gasteiger partial charge in [-0.05, 0) is 29.6 Å². The average Bonchev–Trinajstić information content (AvgIpc) is 2.38. The van der Waals surface area contributed by atoms with Crippen LogP contribution in [0.5, 0.6) is 0 Å². The summed E-state index contributed by atoms with van der Waals surface area (Å²) in [5.74, 6) is 0.609. The van der Waals surface area contributed by atoms with E-state index >= 15 is 0 Å². The molecular weight excluding hydrogens is 210 g/mol. The Hall–Kier alpha value is -2.42. The number of amidine groups is 1. The fourth-order valence-corrected chi connectivity index (χ4v) is 2.04. The normalized spacial score (nSPS) is 13.9. The fraction of sp³-hybridized carbons (Fsp3) is 0. The van der Waals surface area contributed by atoms with Crippen molar-refractivity contribution in [3.05, 3.63) is 54.1 Å². The Labute approximate surface area is 99.2 Å². The molecule has 17 heavy (non-hydrogen) atoms. The molecule has 1 aliphatic heterocycles. The van der Waals surface area contributed by atoms with E-state index in [2.05, 4.69) is 53.1 Å². The van der Waals surface area contributed by atoms with E-state index in [1.807, 2.05) is 12.1 Å². The van der Waals surface area contributed by atoms with Crippen molar-refractivity contribution in [3.8, 4) is 0 Å². The highest BCUT2D eigenvalue weighted by atomic mass is 15.3. The molecule has 3 nitrogen and oxygen atoms in total. The van der Waals surface area contributed by atoms with Gasteiger partial charge in [0.2, 0.25) is 0 Å². The molecule has 0 amide bonds. The Kier molecular flexibility index (Phi) is 2.05. The molecule has 0 saturated carbocycles. The lowest BCUT2D eigenvalue weighted by molar-refractivity contribution is 0.974. The van der Waals surface area contributed by atoms with Crippen molar-refractivity contribution in [3.63, 3.8) is 0 Å². The van der Waals surface area contributed by atoms with Gasteiger partial charge in [0.05, 0.1) is 5.70 Å². The molecule has 1 heterocycles. The van der Waals surface area contributed by atoms with Gasteiger partial charge in [-0.3, -0.25) is 5.43 Å². The predicted octanol–water partition coefficient (Wildman–Crippen LogP) is 2.78. The maximum absolute atomic E-state index is 4.12. The minimum Gasteiger partial charge on any atom is -0.276 e. The Morgan fingerprint density at radius 3 is 2.35 bits per heavy atom. The van der Waals surface area contributed by atoms with E-state index in [1.165, 1.54) is 5.39 Å². The molecule has 0 bridgehead atoms. The van der Waals surface area contributed by atoms with Crippen LogP contribution >= 0.6 is 0 Å². The molecule has 0 unspecified atom stereocenters. The highest BCUT2D eigenvalue weighted by Crippen LogP contribution is 2.26. The van der Waals surface area contributed by atoms with Crippen LogP contribution in [-0.2, 0) is 0 Å². The van der Waals surface area contributed by atoms with Gasteiger partial charge in [-0.25, -0.2) is 4.99 Å². The van der Waals surface area contributed by atoms with Crippen LogP contribution in [0, 0.1) is 0 Å². The number of nitrogens with zero attached hydrogens (tertiary/aromatic N) is 2. The minimum absolute atomic E-state index is 0.609. The Balaban J connectivity index is 2.37. The third-order valence-corrected chi connectivity index (χ3v) is 2.90. The van der Waals surface area contributed by atoms with Gasteiger partial charge in [0, 0.05) is 11.1 Å². The van der Waals surface area contributed by atoms with E-state index < -0.39 is 0 Å². The first-order valence-electron chi connectivity index (χ1n) is 5.32. The quantitative estimate of drug-likeness (QED) is 0.682. The second kappa shape index (κ2) is 3.56. The van der Waals surface area contributed by atoms with Crippen molar-refractivity contribution in [2.24, 2.45) is 10.1 Å². The van der Waals surface area contributed by atoms with E-state index in [1.54, 1.807) is 0 Å². The van der Waals surface area contributed by atoms with Crippen LogP contribution in [-0.4, -0.2) is 12.6 Å². The lowest BCUT2D eigenvalue weighted by atomic mass is 9.98. The number of fused-ring (bicyclic) bond motifs is 2. The Morgan fingerprint density at radius 2 is 1.71 bits per heavy atom. The summed E-state index contributed by atoms with van der Waals surface area (Å²) in [5.41, 5.74) is 5.66. The van der Waals surface area contributed by atoms with Gasteiger partial charge in [-0.1, -0.05) is 30.8 Å². The summed E-state index contributed by atoms with van der Waals surface area (Å²) < 4.78 is 0. The molecular formula is C14H11N3. The lowest BCUT2D eigenvalue weighted by Gasteiger charge is -2.17. The molecule has 1 aliphatic rings. The first kappa shape index (κ1) is 9.78. The Bertz CT molecular complexity index is 668. The summed E-state index contributed by atoms with van der Waals surface area (Å²) in [6.07, 6.45) is 0. The van der Waals surface area contributed by atoms with Crippen molar-refractivity contribution in [1.82, 2.24) is 5.43 Å². The summed E-state index contributed by atoms with van der Waals surface area (Å²) in [7, 11) is 0. The van der Waals surface area contributed by atoms with Crippen molar-refractivity contribution in [1.29, 1.82) is 0 Å². The standard InChI is InChI=1S/C14H11N3/c1-9-12-7-10-5-3-4-6-11(10)8-13(12)14(15-2)17-16-9/h3-8,16H,1-2H2. The van der Waals surface area contributed by atoms with Crippen LogP contribution in [0.4, 0.5) is 0 Å². The molecule has 0 spiro atoms. The zero-order valence-corrected chi connectivity index (χ0v) is 9.27.